The number of aliphatic hydroxyl groups is 1. The van der Waals surface area contributed by atoms with Crippen molar-refractivity contribution in [1.29, 1.82) is 0 Å². The van der Waals surface area contributed by atoms with Crippen molar-refractivity contribution >= 4 is 5.91 Å². The van der Waals surface area contributed by atoms with Crippen molar-refractivity contribution in [3.8, 4) is 0 Å². The van der Waals surface area contributed by atoms with Gasteiger partial charge in [-0.2, -0.15) is 0 Å². The topological polar surface area (TPSA) is 49.8 Å². The summed E-state index contributed by atoms with van der Waals surface area (Å²) in [5, 5.41) is 9.35. The first-order chi connectivity index (χ1) is 5.75. The van der Waals surface area contributed by atoms with Crippen molar-refractivity contribution in [1.82, 2.24) is 4.90 Å². The Hall–Kier alpha value is -0.610. The molecule has 0 radical (unpaired) electrons. The zero-order valence-corrected chi connectivity index (χ0v) is 7.32. The van der Waals surface area contributed by atoms with Crippen LogP contribution in [0.1, 0.15) is 19.8 Å². The number of carbonyl (C=O) groups is 1. The summed E-state index contributed by atoms with van der Waals surface area (Å²) in [4.78, 5) is 12.6. The Morgan fingerprint density at radius 3 is 3.08 bits per heavy atom. The fraction of sp³-hybridized carbons (Fsp3) is 0.875. The standard InChI is InChI=1S/C8H15NO3/c1-2-3-4-9-7(10)5-12-6-8(9)11/h7,10H,2-6H2,1H3. The van der Waals surface area contributed by atoms with Gasteiger partial charge >= 0.3 is 0 Å². The van der Waals surface area contributed by atoms with Gasteiger partial charge in [0, 0.05) is 6.54 Å². The Bertz CT molecular complexity index is 160. The molecule has 0 aliphatic carbocycles. The highest BCUT2D eigenvalue weighted by Crippen LogP contribution is 2.06. The molecule has 0 saturated carbocycles. The van der Waals surface area contributed by atoms with Gasteiger partial charge in [-0.25, -0.2) is 0 Å². The van der Waals surface area contributed by atoms with E-state index < -0.39 is 6.23 Å². The van der Waals surface area contributed by atoms with Gasteiger partial charge in [0.15, 0.2) is 6.23 Å². The zero-order chi connectivity index (χ0) is 8.97. The number of amides is 1. The summed E-state index contributed by atoms with van der Waals surface area (Å²) in [6.07, 6.45) is 1.22. The summed E-state index contributed by atoms with van der Waals surface area (Å²) in [7, 11) is 0. The monoisotopic (exact) mass is 173 g/mol. The molecule has 0 aromatic carbocycles. The van der Waals surface area contributed by atoms with Crippen LogP contribution >= 0.6 is 0 Å². The first kappa shape index (κ1) is 9.48. The van der Waals surface area contributed by atoms with Crippen LogP contribution in [0.4, 0.5) is 0 Å². The lowest BCUT2D eigenvalue weighted by molar-refractivity contribution is -0.165. The molecule has 1 unspecified atom stereocenters. The molecule has 1 fully saturated rings. The largest absolute Gasteiger partial charge is 0.371 e. The number of nitrogens with zero attached hydrogens (tertiary/aromatic N) is 1. The second-order valence-corrected chi connectivity index (χ2v) is 2.94. The molecule has 1 amide bonds. The first-order valence-corrected chi connectivity index (χ1v) is 4.31. The maximum atomic E-state index is 11.2. The zero-order valence-electron chi connectivity index (χ0n) is 7.32. The van der Waals surface area contributed by atoms with Crippen LogP contribution in [0.5, 0.6) is 0 Å². The average molecular weight is 173 g/mol. The molecule has 0 aromatic rings. The van der Waals surface area contributed by atoms with Crippen molar-refractivity contribution < 1.29 is 14.6 Å². The quantitative estimate of drug-likeness (QED) is 0.651. The molecule has 1 aliphatic heterocycles. The van der Waals surface area contributed by atoms with Gasteiger partial charge in [-0.05, 0) is 6.42 Å². The maximum Gasteiger partial charge on any atom is 0.250 e. The Labute approximate surface area is 72.1 Å². The number of aliphatic hydroxyl groups excluding tert-OH is 1. The minimum absolute atomic E-state index is 0.109. The Kier molecular flexibility index (Phi) is 3.49. The van der Waals surface area contributed by atoms with E-state index in [2.05, 4.69) is 6.92 Å². The SMILES string of the molecule is CCCCN1C(=O)COCC1O. The molecule has 0 bridgehead atoms. The molecule has 70 valence electrons. The Morgan fingerprint density at radius 1 is 1.75 bits per heavy atom. The van der Waals surface area contributed by atoms with E-state index >= 15 is 0 Å². The third-order valence-corrected chi connectivity index (χ3v) is 1.93. The molecule has 1 N–H and O–H groups in total. The highest BCUT2D eigenvalue weighted by atomic mass is 16.5. The molecule has 1 atom stereocenters. The third kappa shape index (κ3) is 2.19. The number of carbonyl (C=O) groups excluding carboxylic acids is 1. The molecular weight excluding hydrogens is 158 g/mol. The highest BCUT2D eigenvalue weighted by Gasteiger charge is 2.25. The first-order valence-electron chi connectivity index (χ1n) is 4.31. The predicted octanol–water partition coefficient (Wildman–Crippen LogP) is -0.0363. The number of morpholine rings is 1. The molecule has 1 aliphatic rings. The summed E-state index contributed by atoms with van der Waals surface area (Å²) in [6.45, 7) is 3.05. The van der Waals surface area contributed by atoms with Crippen LogP contribution in [0.3, 0.4) is 0 Å². The minimum Gasteiger partial charge on any atom is -0.371 e. The van der Waals surface area contributed by atoms with Gasteiger partial charge < -0.3 is 14.7 Å². The van der Waals surface area contributed by atoms with E-state index in [0.717, 1.165) is 12.8 Å². The lowest BCUT2D eigenvalue weighted by Gasteiger charge is -2.31. The van der Waals surface area contributed by atoms with E-state index in [1.54, 1.807) is 0 Å². The normalized spacial score (nSPS) is 24.7. The van der Waals surface area contributed by atoms with E-state index in [-0.39, 0.29) is 19.1 Å². The summed E-state index contributed by atoms with van der Waals surface area (Å²) < 4.78 is 4.86. The maximum absolute atomic E-state index is 11.2. The Morgan fingerprint density at radius 2 is 2.50 bits per heavy atom. The van der Waals surface area contributed by atoms with E-state index in [9.17, 15) is 9.90 Å². The van der Waals surface area contributed by atoms with Crippen molar-refractivity contribution in [2.24, 2.45) is 0 Å². The highest BCUT2D eigenvalue weighted by molar-refractivity contribution is 5.78. The Balaban J connectivity index is 2.40. The average Bonchev–Trinajstić information content (AvgIpc) is 2.04. The van der Waals surface area contributed by atoms with Crippen LogP contribution in [0, 0.1) is 0 Å². The van der Waals surface area contributed by atoms with Gasteiger partial charge in [0.1, 0.15) is 6.61 Å². The van der Waals surface area contributed by atoms with E-state index in [1.807, 2.05) is 0 Å². The smallest absolute Gasteiger partial charge is 0.250 e. The summed E-state index contributed by atoms with van der Waals surface area (Å²) >= 11 is 0. The van der Waals surface area contributed by atoms with Gasteiger partial charge in [0.2, 0.25) is 0 Å². The van der Waals surface area contributed by atoms with Gasteiger partial charge in [-0.3, -0.25) is 4.79 Å². The van der Waals surface area contributed by atoms with Crippen LogP contribution < -0.4 is 0 Å². The number of hydrogen-bond acceptors (Lipinski definition) is 3. The minimum atomic E-state index is -0.738. The molecule has 4 nitrogen and oxygen atoms in total. The number of hydrogen-bond donors (Lipinski definition) is 1. The molecule has 1 rings (SSSR count). The van der Waals surface area contributed by atoms with Gasteiger partial charge in [0.05, 0.1) is 6.61 Å². The number of ether oxygens (including phenoxy) is 1. The van der Waals surface area contributed by atoms with E-state index in [1.165, 1.54) is 4.90 Å². The molecule has 0 aromatic heterocycles. The summed E-state index contributed by atoms with van der Waals surface area (Å²) in [6, 6.07) is 0. The van der Waals surface area contributed by atoms with Crippen LogP contribution in [0.2, 0.25) is 0 Å². The molecule has 12 heavy (non-hydrogen) atoms. The molecule has 1 saturated heterocycles. The lowest BCUT2D eigenvalue weighted by Crippen LogP contribution is -2.49. The molecular formula is C8H15NO3. The van der Waals surface area contributed by atoms with Gasteiger partial charge in [-0.15, -0.1) is 0 Å². The fourth-order valence-corrected chi connectivity index (χ4v) is 1.19. The predicted molar refractivity (Wildman–Crippen MR) is 43.4 cm³/mol. The van der Waals surface area contributed by atoms with E-state index in [0.29, 0.717) is 6.54 Å². The second-order valence-electron chi connectivity index (χ2n) is 2.94. The summed E-state index contributed by atoms with van der Waals surface area (Å²) in [5.74, 6) is -0.109. The van der Waals surface area contributed by atoms with Crippen molar-refractivity contribution in [2.75, 3.05) is 19.8 Å². The van der Waals surface area contributed by atoms with Gasteiger partial charge in [0.25, 0.3) is 5.91 Å². The summed E-state index contributed by atoms with van der Waals surface area (Å²) in [5.41, 5.74) is 0. The van der Waals surface area contributed by atoms with Crippen LogP contribution in [-0.4, -0.2) is 41.9 Å². The van der Waals surface area contributed by atoms with Crippen LogP contribution in [0.25, 0.3) is 0 Å². The second kappa shape index (κ2) is 4.42. The lowest BCUT2D eigenvalue weighted by atomic mass is 10.3. The fourth-order valence-electron chi connectivity index (χ4n) is 1.19. The van der Waals surface area contributed by atoms with Crippen LogP contribution in [0.15, 0.2) is 0 Å². The van der Waals surface area contributed by atoms with Crippen molar-refractivity contribution in [2.45, 2.75) is 26.0 Å². The molecule has 0 spiro atoms. The number of rotatable bonds is 3. The number of unbranched alkanes of at least 4 members (excludes halogenated alkanes) is 1. The van der Waals surface area contributed by atoms with Gasteiger partial charge in [-0.1, -0.05) is 13.3 Å². The third-order valence-electron chi connectivity index (χ3n) is 1.93. The molecule has 4 heteroatoms. The van der Waals surface area contributed by atoms with Crippen molar-refractivity contribution in [3.63, 3.8) is 0 Å². The van der Waals surface area contributed by atoms with E-state index in [4.69, 9.17) is 4.74 Å². The molecule has 1 heterocycles. The van der Waals surface area contributed by atoms with Crippen LogP contribution in [-0.2, 0) is 9.53 Å². The van der Waals surface area contributed by atoms with Crippen molar-refractivity contribution in [3.05, 3.63) is 0 Å².